The van der Waals surface area contributed by atoms with Crippen molar-refractivity contribution in [3.05, 3.63) is 59.7 Å². The number of nitrogens with one attached hydrogen (secondary N) is 1. The zero-order chi connectivity index (χ0) is 18.7. The van der Waals surface area contributed by atoms with E-state index in [1.165, 1.54) is 6.26 Å². The minimum absolute atomic E-state index is 0.102. The maximum absolute atomic E-state index is 12.8. The van der Waals surface area contributed by atoms with Crippen LogP contribution in [0.25, 0.3) is 0 Å². The normalized spacial score (nSPS) is 14.5. The van der Waals surface area contributed by atoms with Crippen molar-refractivity contribution in [2.75, 3.05) is 36.6 Å². The number of nitrogens with zero attached hydrogens (tertiary/aromatic N) is 2. The van der Waals surface area contributed by atoms with Crippen LogP contribution >= 0.6 is 0 Å². The molecular formula is C19H23N3O3S. The summed E-state index contributed by atoms with van der Waals surface area (Å²) in [6.45, 7) is 1.83. The number of para-hydroxylation sites is 2. The number of urea groups is 1. The van der Waals surface area contributed by atoms with Gasteiger partial charge in [-0.2, -0.15) is 0 Å². The Morgan fingerprint density at radius 3 is 2.54 bits per heavy atom. The molecule has 26 heavy (non-hydrogen) atoms. The Morgan fingerprint density at radius 2 is 1.77 bits per heavy atom. The molecule has 2 amide bonds. The number of anilines is 2. The summed E-state index contributed by atoms with van der Waals surface area (Å²) >= 11 is 0. The molecule has 2 aromatic carbocycles. The number of fused-ring (bicyclic) bond motifs is 1. The highest BCUT2D eigenvalue weighted by Crippen LogP contribution is 2.24. The molecule has 0 saturated carbocycles. The van der Waals surface area contributed by atoms with E-state index in [4.69, 9.17) is 0 Å². The van der Waals surface area contributed by atoms with Crippen LogP contribution in [0.1, 0.15) is 11.1 Å². The van der Waals surface area contributed by atoms with Gasteiger partial charge in [-0.25, -0.2) is 13.2 Å². The van der Waals surface area contributed by atoms with Gasteiger partial charge in [-0.1, -0.05) is 36.4 Å². The molecule has 138 valence electrons. The lowest BCUT2D eigenvalue weighted by Crippen LogP contribution is -2.37. The Balaban J connectivity index is 1.79. The van der Waals surface area contributed by atoms with Crippen molar-refractivity contribution in [1.82, 2.24) is 4.90 Å². The van der Waals surface area contributed by atoms with Crippen molar-refractivity contribution in [3.63, 3.8) is 0 Å². The summed E-state index contributed by atoms with van der Waals surface area (Å²) in [4.78, 5) is 16.7. The number of carbonyl (C=O) groups is 1. The van der Waals surface area contributed by atoms with Gasteiger partial charge < -0.3 is 15.1 Å². The molecule has 0 aliphatic carbocycles. The van der Waals surface area contributed by atoms with Crippen LogP contribution in [-0.2, 0) is 22.1 Å². The maximum Gasteiger partial charge on any atom is 0.322 e. The van der Waals surface area contributed by atoms with Crippen LogP contribution in [0.5, 0.6) is 0 Å². The smallest absolute Gasteiger partial charge is 0.322 e. The van der Waals surface area contributed by atoms with Gasteiger partial charge in [-0.05, 0) is 23.3 Å². The predicted molar refractivity (Wildman–Crippen MR) is 104 cm³/mol. The molecule has 7 heteroatoms. The van der Waals surface area contributed by atoms with Crippen molar-refractivity contribution < 1.29 is 13.2 Å². The number of carbonyl (C=O) groups excluding carboxylic acids is 1. The first-order chi connectivity index (χ1) is 12.3. The Hall–Kier alpha value is -2.54. The van der Waals surface area contributed by atoms with Gasteiger partial charge in [0.15, 0.2) is 9.84 Å². The van der Waals surface area contributed by atoms with Gasteiger partial charge in [0.05, 0.1) is 5.75 Å². The minimum atomic E-state index is -3.19. The molecule has 3 rings (SSSR count). The fourth-order valence-electron chi connectivity index (χ4n) is 3.11. The number of sulfone groups is 1. The highest BCUT2D eigenvalue weighted by Gasteiger charge is 2.22. The van der Waals surface area contributed by atoms with Gasteiger partial charge in [0.1, 0.15) is 0 Å². The summed E-state index contributed by atoms with van der Waals surface area (Å²) < 4.78 is 23.3. The second-order valence-corrected chi connectivity index (χ2v) is 8.77. The molecular weight excluding hydrogens is 350 g/mol. The fourth-order valence-corrected chi connectivity index (χ4v) is 3.93. The van der Waals surface area contributed by atoms with Crippen LogP contribution in [0, 0.1) is 0 Å². The lowest BCUT2D eigenvalue weighted by atomic mass is 10.1. The number of hydrogen-bond acceptors (Lipinski definition) is 4. The summed E-state index contributed by atoms with van der Waals surface area (Å²) in [7, 11) is -1.17. The van der Waals surface area contributed by atoms with Gasteiger partial charge in [0, 0.05) is 44.3 Å². The zero-order valence-corrected chi connectivity index (χ0v) is 15.8. The third kappa shape index (κ3) is 4.35. The molecule has 1 aliphatic heterocycles. The third-order valence-electron chi connectivity index (χ3n) is 4.43. The van der Waals surface area contributed by atoms with Crippen molar-refractivity contribution in [2.45, 2.75) is 12.3 Å². The number of rotatable bonds is 3. The summed E-state index contributed by atoms with van der Waals surface area (Å²) in [6.07, 6.45) is 1.19. The van der Waals surface area contributed by atoms with E-state index in [-0.39, 0.29) is 11.8 Å². The summed E-state index contributed by atoms with van der Waals surface area (Å²) in [5, 5.41) is 2.88. The Labute approximate surface area is 154 Å². The van der Waals surface area contributed by atoms with Crippen LogP contribution in [0.15, 0.2) is 48.5 Å². The first-order valence-corrected chi connectivity index (χ1v) is 10.5. The summed E-state index contributed by atoms with van der Waals surface area (Å²) in [5.74, 6) is -0.102. The zero-order valence-electron chi connectivity index (χ0n) is 15.0. The van der Waals surface area contributed by atoms with Gasteiger partial charge in [0.25, 0.3) is 0 Å². The largest absolute Gasteiger partial charge is 0.373 e. The molecule has 1 aliphatic rings. The van der Waals surface area contributed by atoms with Crippen LogP contribution in [0.3, 0.4) is 0 Å². The average Bonchev–Trinajstić information content (AvgIpc) is 2.75. The Kier molecular flexibility index (Phi) is 5.18. The van der Waals surface area contributed by atoms with E-state index in [9.17, 15) is 13.2 Å². The lowest BCUT2D eigenvalue weighted by molar-refractivity contribution is 0.212. The highest BCUT2D eigenvalue weighted by molar-refractivity contribution is 7.89. The first kappa shape index (κ1) is 18.3. The highest BCUT2D eigenvalue weighted by atomic mass is 32.2. The van der Waals surface area contributed by atoms with Crippen LogP contribution in [0.2, 0.25) is 0 Å². The second kappa shape index (κ2) is 7.37. The topological polar surface area (TPSA) is 69.7 Å². The predicted octanol–water partition coefficient (Wildman–Crippen LogP) is 2.72. The van der Waals surface area contributed by atoms with Crippen molar-refractivity contribution in [3.8, 4) is 0 Å². The van der Waals surface area contributed by atoms with E-state index < -0.39 is 9.84 Å². The molecule has 0 fully saturated rings. The molecule has 0 unspecified atom stereocenters. The molecule has 0 aromatic heterocycles. The Morgan fingerprint density at radius 1 is 1.08 bits per heavy atom. The van der Waals surface area contributed by atoms with Gasteiger partial charge in [-0.3, -0.25) is 0 Å². The van der Waals surface area contributed by atoms with Crippen molar-refractivity contribution in [1.29, 1.82) is 0 Å². The van der Waals surface area contributed by atoms with Gasteiger partial charge >= 0.3 is 6.03 Å². The summed E-state index contributed by atoms with van der Waals surface area (Å²) in [5.41, 5.74) is 3.34. The van der Waals surface area contributed by atoms with Crippen LogP contribution in [-0.4, -0.2) is 45.7 Å². The lowest BCUT2D eigenvalue weighted by Gasteiger charge is -2.22. The molecule has 1 N–H and O–H groups in total. The molecule has 0 atom stereocenters. The number of hydrogen-bond donors (Lipinski definition) is 1. The average molecular weight is 373 g/mol. The van der Waals surface area contributed by atoms with E-state index in [1.807, 2.05) is 25.2 Å². The van der Waals surface area contributed by atoms with E-state index in [1.54, 1.807) is 29.2 Å². The van der Waals surface area contributed by atoms with E-state index in [0.29, 0.717) is 24.3 Å². The van der Waals surface area contributed by atoms with Crippen molar-refractivity contribution >= 4 is 27.2 Å². The number of likely N-dealkylation sites (N-methyl/N-ethyl adjacent to an activating group) is 1. The maximum atomic E-state index is 12.8. The monoisotopic (exact) mass is 373 g/mol. The molecule has 0 radical (unpaired) electrons. The summed E-state index contributed by atoms with van der Waals surface area (Å²) in [6, 6.07) is 14.8. The second-order valence-electron chi connectivity index (χ2n) is 6.63. The molecule has 0 saturated heterocycles. The Bertz CT molecular complexity index is 912. The van der Waals surface area contributed by atoms with Gasteiger partial charge in [0.2, 0.25) is 0 Å². The number of amides is 2. The van der Waals surface area contributed by atoms with Crippen LogP contribution in [0.4, 0.5) is 16.2 Å². The van der Waals surface area contributed by atoms with Crippen LogP contribution < -0.4 is 10.2 Å². The first-order valence-electron chi connectivity index (χ1n) is 8.44. The standard InChI is InChI=1S/C19H23N3O3S/c1-21-11-12-22(13-15-7-4-6-10-18(15)21)19(23)20-17-9-5-3-8-16(17)14-26(2,24)25/h3-10H,11-14H2,1-2H3,(H,20,23). The fraction of sp³-hybridized carbons (Fsp3) is 0.316. The number of benzene rings is 2. The minimum Gasteiger partial charge on any atom is -0.373 e. The third-order valence-corrected chi connectivity index (χ3v) is 5.27. The van der Waals surface area contributed by atoms with E-state index >= 15 is 0 Å². The quantitative estimate of drug-likeness (QED) is 0.898. The molecule has 6 nitrogen and oxygen atoms in total. The van der Waals surface area contributed by atoms with E-state index in [2.05, 4.69) is 16.3 Å². The SMILES string of the molecule is CN1CCN(C(=O)Nc2ccccc2CS(C)(=O)=O)Cc2ccccc21. The molecule has 1 heterocycles. The van der Waals surface area contributed by atoms with Gasteiger partial charge in [-0.15, -0.1) is 0 Å². The molecule has 2 aromatic rings. The van der Waals surface area contributed by atoms with Crippen molar-refractivity contribution in [2.24, 2.45) is 0 Å². The molecule has 0 bridgehead atoms. The molecule has 0 spiro atoms. The van der Waals surface area contributed by atoms with E-state index in [0.717, 1.165) is 17.8 Å².